The number of rotatable bonds is 6. The molecule has 4 heteroatoms. The smallest absolute Gasteiger partial charge is 0.141 e. The van der Waals surface area contributed by atoms with Crippen LogP contribution >= 0.6 is 23.2 Å². The zero-order valence-corrected chi connectivity index (χ0v) is 13.9. The third-order valence-electron chi connectivity index (χ3n) is 4.06. The van der Waals surface area contributed by atoms with Gasteiger partial charge in [-0.1, -0.05) is 30.1 Å². The Morgan fingerprint density at radius 3 is 2.40 bits per heavy atom. The van der Waals surface area contributed by atoms with Crippen molar-refractivity contribution in [1.82, 2.24) is 0 Å². The minimum Gasteiger partial charge on any atom is -0.491 e. The predicted octanol–water partition coefficient (Wildman–Crippen LogP) is 4.68. The van der Waals surface area contributed by atoms with Crippen molar-refractivity contribution in [3.05, 3.63) is 26.7 Å². The van der Waals surface area contributed by atoms with Crippen molar-refractivity contribution < 1.29 is 4.74 Å². The Balaban J connectivity index is 2.37. The van der Waals surface area contributed by atoms with E-state index in [1.54, 1.807) is 0 Å². The van der Waals surface area contributed by atoms with Crippen LogP contribution in [0.1, 0.15) is 42.9 Å². The van der Waals surface area contributed by atoms with Gasteiger partial charge in [0.2, 0.25) is 0 Å². The fourth-order valence-corrected chi connectivity index (χ4v) is 2.79. The zero-order valence-electron chi connectivity index (χ0n) is 12.4. The Labute approximate surface area is 131 Å². The minimum atomic E-state index is 0.104. The van der Waals surface area contributed by atoms with E-state index in [0.29, 0.717) is 10.9 Å². The standard InChI is InChI=1S/C16H23Cl2NO/c1-4-12(19)7-13-9(2)14(17)10(3)15(18)16(13)20-8-11-5-6-11/h11-12H,4-8,19H2,1-3H3. The normalized spacial score (nSPS) is 16.3. The average Bonchev–Trinajstić information content (AvgIpc) is 3.25. The summed E-state index contributed by atoms with van der Waals surface area (Å²) < 4.78 is 6.01. The van der Waals surface area contributed by atoms with Crippen LogP contribution in [-0.4, -0.2) is 12.6 Å². The lowest BCUT2D eigenvalue weighted by atomic mass is 9.97. The first-order chi connectivity index (χ1) is 9.45. The maximum atomic E-state index is 6.46. The lowest BCUT2D eigenvalue weighted by Gasteiger charge is -2.21. The van der Waals surface area contributed by atoms with Crippen molar-refractivity contribution in [3.63, 3.8) is 0 Å². The van der Waals surface area contributed by atoms with Crippen LogP contribution in [0.4, 0.5) is 0 Å². The van der Waals surface area contributed by atoms with E-state index in [-0.39, 0.29) is 6.04 Å². The van der Waals surface area contributed by atoms with E-state index in [4.69, 9.17) is 33.7 Å². The third-order valence-corrected chi connectivity index (χ3v) is 5.09. The molecule has 1 atom stereocenters. The molecule has 0 heterocycles. The zero-order chi connectivity index (χ0) is 14.9. The van der Waals surface area contributed by atoms with Gasteiger partial charge in [-0.2, -0.15) is 0 Å². The second-order valence-electron chi connectivity index (χ2n) is 5.81. The molecule has 20 heavy (non-hydrogen) atoms. The molecule has 0 bridgehead atoms. The summed E-state index contributed by atoms with van der Waals surface area (Å²) in [5, 5.41) is 1.37. The van der Waals surface area contributed by atoms with Crippen LogP contribution in [0.3, 0.4) is 0 Å². The number of nitrogens with two attached hydrogens (primary N) is 1. The van der Waals surface area contributed by atoms with Gasteiger partial charge in [-0.15, -0.1) is 0 Å². The van der Waals surface area contributed by atoms with Crippen LogP contribution in [-0.2, 0) is 6.42 Å². The molecule has 1 aromatic carbocycles. The van der Waals surface area contributed by atoms with Crippen LogP contribution < -0.4 is 10.5 Å². The molecule has 1 aliphatic rings. The van der Waals surface area contributed by atoms with Gasteiger partial charge in [0.15, 0.2) is 0 Å². The second-order valence-corrected chi connectivity index (χ2v) is 6.57. The molecular weight excluding hydrogens is 293 g/mol. The fourth-order valence-electron chi connectivity index (χ4n) is 2.27. The van der Waals surface area contributed by atoms with Gasteiger partial charge in [0.1, 0.15) is 5.75 Å². The third kappa shape index (κ3) is 3.41. The topological polar surface area (TPSA) is 35.2 Å². The molecule has 2 nitrogen and oxygen atoms in total. The summed E-state index contributed by atoms with van der Waals surface area (Å²) in [4.78, 5) is 0. The molecule has 0 amide bonds. The maximum Gasteiger partial charge on any atom is 0.141 e. The quantitative estimate of drug-likeness (QED) is 0.827. The van der Waals surface area contributed by atoms with Gasteiger partial charge in [0.25, 0.3) is 0 Å². The minimum absolute atomic E-state index is 0.104. The van der Waals surface area contributed by atoms with Gasteiger partial charge in [0, 0.05) is 16.6 Å². The summed E-state index contributed by atoms with van der Waals surface area (Å²) in [5.41, 5.74) is 9.12. The van der Waals surface area contributed by atoms with Gasteiger partial charge in [-0.05, 0) is 56.6 Å². The van der Waals surface area contributed by atoms with Crippen molar-refractivity contribution in [2.24, 2.45) is 11.7 Å². The molecule has 1 saturated carbocycles. The number of hydrogen-bond donors (Lipinski definition) is 1. The van der Waals surface area contributed by atoms with Crippen LogP contribution in [0.5, 0.6) is 5.75 Å². The van der Waals surface area contributed by atoms with Crippen molar-refractivity contribution in [1.29, 1.82) is 0 Å². The summed E-state index contributed by atoms with van der Waals surface area (Å²) in [7, 11) is 0. The Hall–Kier alpha value is -0.440. The van der Waals surface area contributed by atoms with Crippen LogP contribution in [0, 0.1) is 19.8 Å². The highest BCUT2D eigenvalue weighted by atomic mass is 35.5. The van der Waals surface area contributed by atoms with E-state index < -0.39 is 0 Å². The average molecular weight is 316 g/mol. The Morgan fingerprint density at radius 2 is 1.85 bits per heavy atom. The molecule has 1 unspecified atom stereocenters. The van der Waals surface area contributed by atoms with Crippen molar-refractivity contribution >= 4 is 23.2 Å². The molecule has 0 spiro atoms. The van der Waals surface area contributed by atoms with E-state index in [2.05, 4.69) is 6.92 Å². The van der Waals surface area contributed by atoms with Crippen molar-refractivity contribution in [2.75, 3.05) is 6.61 Å². The number of hydrogen-bond acceptors (Lipinski definition) is 2. The summed E-state index contributed by atoms with van der Waals surface area (Å²) in [6.07, 6.45) is 4.19. The van der Waals surface area contributed by atoms with Crippen LogP contribution in [0.2, 0.25) is 10.0 Å². The molecule has 2 rings (SSSR count). The predicted molar refractivity (Wildman–Crippen MR) is 86.1 cm³/mol. The maximum absolute atomic E-state index is 6.46. The monoisotopic (exact) mass is 315 g/mol. The Morgan fingerprint density at radius 1 is 1.20 bits per heavy atom. The van der Waals surface area contributed by atoms with Gasteiger partial charge in [-0.3, -0.25) is 0 Å². The van der Waals surface area contributed by atoms with E-state index >= 15 is 0 Å². The van der Waals surface area contributed by atoms with E-state index in [9.17, 15) is 0 Å². The highest BCUT2D eigenvalue weighted by Gasteiger charge is 2.25. The lowest BCUT2D eigenvalue weighted by Crippen LogP contribution is -2.22. The van der Waals surface area contributed by atoms with E-state index in [0.717, 1.165) is 46.9 Å². The van der Waals surface area contributed by atoms with Crippen LogP contribution in [0.25, 0.3) is 0 Å². The summed E-state index contributed by atoms with van der Waals surface area (Å²) in [6.45, 7) is 6.79. The molecule has 1 fully saturated rings. The first kappa shape index (κ1) is 15.9. The van der Waals surface area contributed by atoms with Gasteiger partial charge < -0.3 is 10.5 Å². The molecule has 0 radical (unpaired) electrons. The molecule has 0 aliphatic heterocycles. The highest BCUT2D eigenvalue weighted by Crippen LogP contribution is 2.41. The number of halogens is 2. The largest absolute Gasteiger partial charge is 0.491 e. The number of benzene rings is 1. The molecular formula is C16H23Cl2NO. The summed E-state index contributed by atoms with van der Waals surface area (Å²) in [5.74, 6) is 1.48. The van der Waals surface area contributed by atoms with Crippen molar-refractivity contribution in [3.8, 4) is 5.75 Å². The first-order valence-corrected chi connectivity index (χ1v) is 8.06. The molecule has 0 saturated heterocycles. The second kappa shape index (κ2) is 6.55. The SMILES string of the molecule is CCC(N)Cc1c(C)c(Cl)c(C)c(Cl)c1OCC1CC1. The summed E-state index contributed by atoms with van der Waals surface area (Å²) >= 11 is 12.8. The Kier molecular flexibility index (Phi) is 5.22. The fraction of sp³-hybridized carbons (Fsp3) is 0.625. The lowest BCUT2D eigenvalue weighted by molar-refractivity contribution is 0.296. The number of ether oxygens (including phenoxy) is 1. The first-order valence-electron chi connectivity index (χ1n) is 7.31. The molecule has 2 N–H and O–H groups in total. The van der Waals surface area contributed by atoms with Crippen LogP contribution in [0.15, 0.2) is 0 Å². The van der Waals surface area contributed by atoms with Crippen molar-refractivity contribution in [2.45, 2.75) is 52.5 Å². The van der Waals surface area contributed by atoms with E-state index in [1.165, 1.54) is 12.8 Å². The molecule has 0 aromatic heterocycles. The summed E-state index contributed by atoms with van der Waals surface area (Å²) in [6, 6.07) is 0.104. The molecule has 1 aliphatic carbocycles. The van der Waals surface area contributed by atoms with Gasteiger partial charge in [0.05, 0.1) is 11.6 Å². The van der Waals surface area contributed by atoms with Gasteiger partial charge in [-0.25, -0.2) is 0 Å². The van der Waals surface area contributed by atoms with Gasteiger partial charge >= 0.3 is 0 Å². The molecule has 112 valence electrons. The van der Waals surface area contributed by atoms with E-state index in [1.807, 2.05) is 13.8 Å². The highest BCUT2D eigenvalue weighted by molar-refractivity contribution is 6.37. The Bertz CT molecular complexity index is 498. The molecule has 1 aromatic rings.